The predicted molar refractivity (Wildman–Crippen MR) is 245 cm³/mol. The van der Waals surface area contributed by atoms with Crippen molar-refractivity contribution in [3.8, 4) is 23.0 Å². The van der Waals surface area contributed by atoms with Gasteiger partial charge in [-0.25, -0.2) is 4.79 Å². The van der Waals surface area contributed by atoms with Crippen LogP contribution in [0.15, 0.2) is 96.2 Å². The van der Waals surface area contributed by atoms with Gasteiger partial charge in [-0.1, -0.05) is 66.5 Å². The SMILES string of the molecule is C=CCO[C@@]12Oc3ccc(OC(=O)NCc4ccccc4)cc3[C@H]3[C@H](CCCCO)[C@@H](CCCCO)C=C(C(=NOC4CCCCO4)C[C@@H]1N(Cc1ccc4c(c1)OCO4)C(=O)C1CC1)[C@H]32. The lowest BCUT2D eigenvalue weighted by Gasteiger charge is -2.60. The number of oxime groups is 1. The van der Waals surface area contributed by atoms with Crippen LogP contribution in [0.1, 0.15) is 99.7 Å². The molecule has 352 valence electrons. The van der Waals surface area contributed by atoms with Crippen LogP contribution in [-0.4, -0.2) is 84.2 Å². The summed E-state index contributed by atoms with van der Waals surface area (Å²) >= 11 is 0. The molecule has 2 saturated carbocycles. The molecule has 3 aliphatic carbocycles. The zero-order valence-electron chi connectivity index (χ0n) is 37.7. The number of amides is 2. The molecule has 3 aromatic rings. The van der Waals surface area contributed by atoms with Crippen LogP contribution in [0.4, 0.5) is 4.79 Å². The lowest BCUT2D eigenvalue weighted by atomic mass is 9.55. The molecule has 0 radical (unpaired) electrons. The molecule has 3 heterocycles. The standard InChI is InChI=1S/C52H63N3O11/c1-2-25-63-52-46(55(50(58)36-18-19-36)32-35-17-21-44-45(27-35)62-33-61-44)30-42(54-66-47-16-8-11-26-60-47)40-28-37(14-6-9-23-56)39(15-7-10-24-57)48(49(40)52)41-29-38(20-22-43(41)65-52)64-51(59)53-31-34-12-4-3-5-13-34/h2-5,12-13,17,20-22,27-29,36-37,39,46-49,56-57H,1,6-11,14-16,18-19,23-26,30-33H2,(H,53,59)/t37-,39+,46-,47?,48+,49+,52+/m0/s1. The number of hydrogen-bond acceptors (Lipinski definition) is 12. The Labute approximate surface area is 386 Å². The zero-order valence-corrected chi connectivity index (χ0v) is 37.7. The Kier molecular flexibility index (Phi) is 14.6. The highest BCUT2D eigenvalue weighted by Gasteiger charge is 2.66. The second-order valence-corrected chi connectivity index (χ2v) is 18.3. The van der Waals surface area contributed by atoms with Gasteiger partial charge in [0.05, 0.1) is 24.8 Å². The van der Waals surface area contributed by atoms with E-state index in [4.69, 9.17) is 38.4 Å². The lowest BCUT2D eigenvalue weighted by Crippen LogP contribution is -2.70. The summed E-state index contributed by atoms with van der Waals surface area (Å²) in [6.45, 7) is 5.63. The van der Waals surface area contributed by atoms with E-state index in [-0.39, 0.29) is 69.2 Å². The Morgan fingerprint density at radius 1 is 0.909 bits per heavy atom. The van der Waals surface area contributed by atoms with Crippen molar-refractivity contribution in [2.45, 2.75) is 114 Å². The number of hydrogen-bond donors (Lipinski definition) is 3. The number of ether oxygens (including phenoxy) is 6. The molecule has 0 bridgehead atoms. The maximum atomic E-state index is 15.0. The molecule has 14 nitrogen and oxygen atoms in total. The summed E-state index contributed by atoms with van der Waals surface area (Å²) in [6, 6.07) is 20.2. The third kappa shape index (κ3) is 9.97. The fourth-order valence-electron chi connectivity index (χ4n) is 10.7. The van der Waals surface area contributed by atoms with Crippen LogP contribution in [0.5, 0.6) is 23.0 Å². The Morgan fingerprint density at radius 2 is 1.71 bits per heavy atom. The van der Waals surface area contributed by atoms with Crippen molar-refractivity contribution in [2.24, 2.45) is 28.8 Å². The van der Waals surface area contributed by atoms with Crippen LogP contribution in [0, 0.1) is 23.7 Å². The van der Waals surface area contributed by atoms with Crippen LogP contribution in [0.2, 0.25) is 0 Å². The minimum atomic E-state index is -1.44. The van der Waals surface area contributed by atoms with Crippen molar-refractivity contribution in [2.75, 3.05) is 33.2 Å². The molecule has 9 rings (SSSR count). The van der Waals surface area contributed by atoms with Crippen LogP contribution >= 0.6 is 0 Å². The summed E-state index contributed by atoms with van der Waals surface area (Å²) in [5, 5.41) is 27.9. The van der Waals surface area contributed by atoms with Gasteiger partial charge in [-0.05, 0) is 110 Å². The quantitative estimate of drug-likeness (QED) is 0.0567. The van der Waals surface area contributed by atoms with Crippen molar-refractivity contribution < 1.29 is 53.1 Å². The van der Waals surface area contributed by atoms with Crippen molar-refractivity contribution >= 4 is 17.7 Å². The fraction of sp³-hybridized carbons (Fsp3) is 0.519. The number of aliphatic hydroxyl groups excluding tert-OH is 2. The highest BCUT2D eigenvalue weighted by Crippen LogP contribution is 2.62. The van der Waals surface area contributed by atoms with Crippen LogP contribution < -0.4 is 24.3 Å². The van der Waals surface area contributed by atoms with E-state index in [1.165, 1.54) is 0 Å². The van der Waals surface area contributed by atoms with E-state index >= 15 is 4.79 Å². The molecule has 0 spiro atoms. The number of carbonyl (C=O) groups excluding carboxylic acids is 2. The first-order chi connectivity index (χ1) is 32.4. The third-order valence-electron chi connectivity index (χ3n) is 13.9. The first-order valence-electron chi connectivity index (χ1n) is 23.9. The highest BCUT2D eigenvalue weighted by atomic mass is 16.8. The summed E-state index contributed by atoms with van der Waals surface area (Å²) in [7, 11) is 0. The van der Waals surface area contributed by atoms with Gasteiger partial charge in [-0.15, -0.1) is 6.58 Å². The van der Waals surface area contributed by atoms with Crippen molar-refractivity contribution in [1.82, 2.24) is 10.2 Å². The van der Waals surface area contributed by atoms with Crippen molar-refractivity contribution in [3.63, 3.8) is 0 Å². The maximum absolute atomic E-state index is 15.0. The summed E-state index contributed by atoms with van der Waals surface area (Å²) in [5.74, 6) is -0.179. The second kappa shape index (κ2) is 21.0. The molecule has 0 aromatic heterocycles. The Bertz CT molecular complexity index is 2240. The minimum Gasteiger partial charge on any atom is -0.459 e. The molecule has 7 atom stereocenters. The van der Waals surface area contributed by atoms with Gasteiger partial charge >= 0.3 is 6.09 Å². The van der Waals surface area contributed by atoms with E-state index in [9.17, 15) is 15.0 Å². The third-order valence-corrected chi connectivity index (χ3v) is 13.9. The van der Waals surface area contributed by atoms with Crippen LogP contribution in [0.3, 0.4) is 0 Å². The predicted octanol–water partition coefficient (Wildman–Crippen LogP) is 8.30. The van der Waals surface area contributed by atoms with Crippen LogP contribution in [-0.2, 0) is 32.2 Å². The minimum absolute atomic E-state index is 0.00968. The van der Waals surface area contributed by atoms with Crippen molar-refractivity contribution in [1.29, 1.82) is 0 Å². The first kappa shape index (κ1) is 45.7. The summed E-state index contributed by atoms with van der Waals surface area (Å²) in [4.78, 5) is 36.6. The number of carbonyl (C=O) groups is 2. The van der Waals surface area contributed by atoms with Crippen LogP contribution in [0.25, 0.3) is 0 Å². The number of nitrogens with one attached hydrogen (secondary N) is 1. The number of fused-ring (bicyclic) bond motifs is 3. The van der Waals surface area contributed by atoms with E-state index in [0.717, 1.165) is 73.6 Å². The smallest absolute Gasteiger partial charge is 0.412 e. The summed E-state index contributed by atoms with van der Waals surface area (Å²) < 4.78 is 38.1. The van der Waals surface area contributed by atoms with E-state index in [2.05, 4.69) is 18.0 Å². The fourth-order valence-corrected chi connectivity index (χ4v) is 10.7. The van der Waals surface area contributed by atoms with E-state index in [1.54, 1.807) is 12.1 Å². The maximum Gasteiger partial charge on any atom is 0.412 e. The Balaban J connectivity index is 1.19. The second-order valence-electron chi connectivity index (χ2n) is 18.3. The molecule has 3 aromatic carbocycles. The van der Waals surface area contributed by atoms with Gasteiger partial charge in [0.1, 0.15) is 17.5 Å². The molecular weight excluding hydrogens is 843 g/mol. The number of allylic oxidation sites excluding steroid dienone is 1. The normalized spacial score (nSPS) is 26.6. The Hall–Kier alpha value is -5.41. The summed E-state index contributed by atoms with van der Waals surface area (Å²) in [6.07, 6.45) is 11.8. The van der Waals surface area contributed by atoms with Gasteiger partial charge in [0.2, 0.25) is 24.8 Å². The number of unbranched alkanes of at least 4 members (excludes halogenated alkanes) is 2. The van der Waals surface area contributed by atoms with Crippen molar-refractivity contribution in [3.05, 3.63) is 108 Å². The number of benzene rings is 3. The van der Waals surface area contributed by atoms with Gasteiger partial charge in [0.15, 0.2) is 11.5 Å². The van der Waals surface area contributed by atoms with Gasteiger partial charge in [-0.3, -0.25) is 4.79 Å². The first-order valence-corrected chi connectivity index (χ1v) is 23.9. The largest absolute Gasteiger partial charge is 0.459 e. The molecule has 66 heavy (non-hydrogen) atoms. The molecular formula is C52H63N3O11. The monoisotopic (exact) mass is 905 g/mol. The average Bonchev–Trinajstić information content (AvgIpc) is 4.09. The molecule has 3 fully saturated rings. The Morgan fingerprint density at radius 3 is 2.48 bits per heavy atom. The molecule has 1 unspecified atom stereocenters. The van der Waals surface area contributed by atoms with E-state index in [0.29, 0.717) is 61.1 Å². The average molecular weight is 906 g/mol. The topological polar surface area (TPSA) is 167 Å². The van der Waals surface area contributed by atoms with Gasteiger partial charge in [-0.2, -0.15) is 0 Å². The zero-order chi connectivity index (χ0) is 45.5. The van der Waals surface area contributed by atoms with Gasteiger partial charge in [0.25, 0.3) is 0 Å². The van der Waals surface area contributed by atoms with Gasteiger partial charge < -0.3 is 53.7 Å². The number of rotatable bonds is 20. The summed E-state index contributed by atoms with van der Waals surface area (Å²) in [5.41, 5.74) is 4.28. The van der Waals surface area contributed by atoms with E-state index in [1.807, 2.05) is 65.6 Å². The van der Waals surface area contributed by atoms with E-state index < -0.39 is 30.1 Å². The highest BCUT2D eigenvalue weighted by molar-refractivity contribution is 6.03. The number of aliphatic hydroxyl groups is 2. The number of nitrogens with zero attached hydrogens (tertiary/aromatic N) is 2. The molecule has 3 N–H and O–H groups in total. The molecule has 6 aliphatic rings. The molecule has 3 aliphatic heterocycles. The molecule has 2 amide bonds. The lowest BCUT2D eigenvalue weighted by molar-refractivity contribution is -0.258. The molecule has 1 saturated heterocycles. The van der Waals surface area contributed by atoms with Gasteiger partial charge in [0, 0.05) is 56.5 Å². The molecule has 14 heteroatoms.